The highest BCUT2D eigenvalue weighted by Gasteiger charge is 2.39. The van der Waals surface area contributed by atoms with Crippen molar-refractivity contribution in [1.29, 1.82) is 0 Å². The van der Waals surface area contributed by atoms with Crippen LogP contribution in [0.15, 0.2) is 63.5 Å². The predicted molar refractivity (Wildman–Crippen MR) is 98.4 cm³/mol. The molecule has 2 atom stereocenters. The average Bonchev–Trinajstić information content (AvgIpc) is 2.78. The number of benzene rings is 1. The van der Waals surface area contributed by atoms with Gasteiger partial charge in [0.05, 0.1) is 7.11 Å². The lowest BCUT2D eigenvalue weighted by Gasteiger charge is -2.26. The van der Waals surface area contributed by atoms with Gasteiger partial charge in [0.2, 0.25) is 0 Å². The van der Waals surface area contributed by atoms with Crippen LogP contribution < -0.4 is 4.90 Å². The Kier molecular flexibility index (Phi) is 3.84. The van der Waals surface area contributed by atoms with E-state index in [1.54, 1.807) is 18.3 Å². The molecule has 1 heterocycles. The molecule has 0 N–H and O–H groups in total. The van der Waals surface area contributed by atoms with Crippen LogP contribution in [0.4, 0.5) is 5.69 Å². The summed E-state index contributed by atoms with van der Waals surface area (Å²) in [7, 11) is 1.79. The topological polar surface area (TPSA) is 12.5 Å². The first-order valence-electron chi connectivity index (χ1n) is 8.39. The number of rotatable bonds is 2. The van der Waals surface area contributed by atoms with Gasteiger partial charge in [-0.3, -0.25) is 0 Å². The van der Waals surface area contributed by atoms with Crippen molar-refractivity contribution in [2.45, 2.75) is 26.2 Å². The third-order valence-corrected chi connectivity index (χ3v) is 6.20. The molecule has 3 heteroatoms. The van der Waals surface area contributed by atoms with E-state index in [4.69, 9.17) is 4.74 Å². The van der Waals surface area contributed by atoms with E-state index in [-0.39, 0.29) is 0 Å². The predicted octanol–water partition coefficient (Wildman–Crippen LogP) is 5.39. The molecule has 0 amide bonds. The summed E-state index contributed by atoms with van der Waals surface area (Å²) in [4.78, 5) is 2.34. The summed E-state index contributed by atoms with van der Waals surface area (Å²) < 4.78 is 7.12. The van der Waals surface area contributed by atoms with Crippen molar-refractivity contribution in [3.8, 4) is 0 Å². The van der Waals surface area contributed by atoms with E-state index < -0.39 is 0 Å². The first-order valence-corrected chi connectivity index (χ1v) is 9.18. The van der Waals surface area contributed by atoms with Gasteiger partial charge in [0.1, 0.15) is 5.76 Å². The van der Waals surface area contributed by atoms with E-state index in [0.717, 1.165) is 18.7 Å². The zero-order valence-electron chi connectivity index (χ0n) is 13.7. The Bertz CT molecular complexity index is 716. The molecular formula is C20H22BrNO. The Hall–Kier alpha value is -1.48. The van der Waals surface area contributed by atoms with Gasteiger partial charge < -0.3 is 9.64 Å². The van der Waals surface area contributed by atoms with Gasteiger partial charge in [-0.25, -0.2) is 0 Å². The van der Waals surface area contributed by atoms with E-state index >= 15 is 0 Å². The van der Waals surface area contributed by atoms with Crippen molar-refractivity contribution in [1.82, 2.24) is 0 Å². The second kappa shape index (κ2) is 5.86. The minimum absolute atomic E-state index is 0.652. The third kappa shape index (κ3) is 2.46. The van der Waals surface area contributed by atoms with Crippen molar-refractivity contribution < 1.29 is 4.74 Å². The standard InChI is InChI=1S/C20H22BrNO/c1-13-10-14-8-9-17(21)20-18(23-2)12-22(11-16(13)19(14)20)15-6-4-3-5-7-15/h3-7,12-14H,8-11H2,1-2H3/t13-,14-/m1/s1. The van der Waals surface area contributed by atoms with Crippen LogP contribution >= 0.6 is 15.9 Å². The van der Waals surface area contributed by atoms with Crippen LogP contribution in [-0.2, 0) is 4.74 Å². The monoisotopic (exact) mass is 371 g/mol. The second-order valence-corrected chi connectivity index (χ2v) is 7.71. The number of nitrogens with zero attached hydrogens (tertiary/aromatic N) is 1. The highest BCUT2D eigenvalue weighted by Crippen LogP contribution is 2.51. The fourth-order valence-corrected chi connectivity index (χ4v) is 4.93. The van der Waals surface area contributed by atoms with E-state index in [0.29, 0.717) is 11.8 Å². The van der Waals surface area contributed by atoms with Gasteiger partial charge in [0, 0.05) is 28.5 Å². The van der Waals surface area contributed by atoms with Crippen LogP contribution in [0.5, 0.6) is 0 Å². The number of hydrogen-bond donors (Lipinski definition) is 0. The van der Waals surface area contributed by atoms with E-state index in [9.17, 15) is 0 Å². The maximum Gasteiger partial charge on any atom is 0.143 e. The number of para-hydroxylation sites is 1. The fraction of sp³-hybridized carbons (Fsp3) is 0.400. The van der Waals surface area contributed by atoms with Crippen LogP contribution in [0.3, 0.4) is 0 Å². The Morgan fingerprint density at radius 2 is 2.00 bits per heavy atom. The second-order valence-electron chi connectivity index (χ2n) is 6.75. The van der Waals surface area contributed by atoms with Crippen molar-refractivity contribution in [2.75, 3.05) is 18.6 Å². The van der Waals surface area contributed by atoms with Crippen molar-refractivity contribution in [2.24, 2.45) is 11.8 Å². The van der Waals surface area contributed by atoms with Crippen molar-refractivity contribution in [3.05, 3.63) is 63.5 Å². The smallest absolute Gasteiger partial charge is 0.143 e. The maximum atomic E-state index is 5.82. The molecule has 23 heavy (non-hydrogen) atoms. The molecule has 0 saturated carbocycles. The third-order valence-electron chi connectivity index (χ3n) is 5.41. The molecule has 1 aromatic rings. The molecule has 1 aromatic carbocycles. The molecule has 2 nitrogen and oxygen atoms in total. The molecule has 0 saturated heterocycles. The highest BCUT2D eigenvalue weighted by atomic mass is 79.9. The molecule has 0 spiro atoms. The molecule has 0 fully saturated rings. The van der Waals surface area contributed by atoms with Crippen molar-refractivity contribution >= 4 is 21.6 Å². The molecule has 3 aliphatic rings. The lowest BCUT2D eigenvalue weighted by atomic mass is 9.84. The largest absolute Gasteiger partial charge is 0.495 e. The van der Waals surface area contributed by atoms with Crippen LogP contribution in [0, 0.1) is 11.8 Å². The minimum atomic E-state index is 0.652. The number of allylic oxidation sites excluding steroid dienone is 2. The molecule has 0 aromatic heterocycles. The van der Waals surface area contributed by atoms with E-state index in [1.807, 2.05) is 0 Å². The Labute approximate surface area is 146 Å². The summed E-state index contributed by atoms with van der Waals surface area (Å²) in [5.41, 5.74) is 5.69. The highest BCUT2D eigenvalue weighted by molar-refractivity contribution is 9.11. The number of methoxy groups -OCH3 is 1. The molecule has 1 aliphatic heterocycles. The van der Waals surface area contributed by atoms with Crippen LogP contribution in [0.2, 0.25) is 0 Å². The van der Waals surface area contributed by atoms with Crippen LogP contribution in [0.1, 0.15) is 26.2 Å². The average molecular weight is 372 g/mol. The first kappa shape index (κ1) is 15.1. The molecular weight excluding hydrogens is 350 g/mol. The molecule has 0 bridgehead atoms. The minimum Gasteiger partial charge on any atom is -0.495 e. The quantitative estimate of drug-likeness (QED) is 0.690. The Balaban J connectivity index is 1.89. The Morgan fingerprint density at radius 3 is 2.74 bits per heavy atom. The SMILES string of the molecule is COC1=CN(c2ccccc2)CC2=C3C1=C(Br)CC[C@@H]3C[C@H]2C. The maximum absolute atomic E-state index is 5.82. The Morgan fingerprint density at radius 1 is 1.22 bits per heavy atom. The van der Waals surface area contributed by atoms with Gasteiger partial charge in [-0.1, -0.05) is 41.1 Å². The number of ether oxygens (including phenoxy) is 1. The van der Waals surface area contributed by atoms with E-state index in [1.165, 1.54) is 28.6 Å². The summed E-state index contributed by atoms with van der Waals surface area (Å²) in [6.07, 6.45) is 5.85. The van der Waals surface area contributed by atoms with Crippen LogP contribution in [0.25, 0.3) is 0 Å². The number of hydrogen-bond acceptors (Lipinski definition) is 2. The summed E-state index contributed by atoms with van der Waals surface area (Å²) >= 11 is 3.83. The van der Waals surface area contributed by atoms with E-state index in [2.05, 4.69) is 64.3 Å². The normalized spacial score (nSPS) is 26.9. The van der Waals surface area contributed by atoms with Gasteiger partial charge in [0.15, 0.2) is 0 Å². The summed E-state index contributed by atoms with van der Waals surface area (Å²) in [5.74, 6) is 2.34. The first-order chi connectivity index (χ1) is 11.2. The van der Waals surface area contributed by atoms with Gasteiger partial charge >= 0.3 is 0 Å². The molecule has 120 valence electrons. The number of anilines is 1. The molecule has 0 unspecified atom stereocenters. The summed E-state index contributed by atoms with van der Waals surface area (Å²) in [5, 5.41) is 0. The molecule has 2 aliphatic carbocycles. The summed E-state index contributed by atoms with van der Waals surface area (Å²) in [6, 6.07) is 10.6. The zero-order valence-corrected chi connectivity index (χ0v) is 15.3. The zero-order chi connectivity index (χ0) is 16.0. The van der Waals surface area contributed by atoms with Gasteiger partial charge in [-0.2, -0.15) is 0 Å². The molecule has 0 radical (unpaired) electrons. The van der Waals surface area contributed by atoms with Gasteiger partial charge in [-0.15, -0.1) is 0 Å². The fourth-order valence-electron chi connectivity index (χ4n) is 4.30. The molecule has 4 rings (SSSR count). The lowest BCUT2D eigenvalue weighted by Crippen LogP contribution is -2.20. The number of halogens is 1. The van der Waals surface area contributed by atoms with Gasteiger partial charge in [0.25, 0.3) is 0 Å². The van der Waals surface area contributed by atoms with Gasteiger partial charge in [-0.05, 0) is 54.4 Å². The van der Waals surface area contributed by atoms with Crippen LogP contribution in [-0.4, -0.2) is 13.7 Å². The van der Waals surface area contributed by atoms with Crippen molar-refractivity contribution in [3.63, 3.8) is 0 Å². The summed E-state index contributed by atoms with van der Waals surface area (Å²) in [6.45, 7) is 3.35. The lowest BCUT2D eigenvalue weighted by molar-refractivity contribution is 0.297.